The van der Waals surface area contributed by atoms with E-state index in [1.807, 2.05) is 0 Å². The van der Waals surface area contributed by atoms with Crippen LogP contribution in [0, 0.1) is 5.92 Å². The molecule has 23 heavy (non-hydrogen) atoms. The van der Waals surface area contributed by atoms with Crippen LogP contribution in [0.4, 0.5) is 4.79 Å². The molecule has 0 aromatic heterocycles. The third kappa shape index (κ3) is 4.92. The molecule has 0 aromatic rings. The second-order valence-corrected chi connectivity index (χ2v) is 7.10. The number of carbonyl (C=O) groups is 3. The molecule has 0 spiro atoms. The molecule has 0 radical (unpaired) electrons. The zero-order valence-electron chi connectivity index (χ0n) is 14.1. The summed E-state index contributed by atoms with van der Waals surface area (Å²) in [7, 11) is 0. The standard InChI is InChI=1S/C16H26N2O5/c1-16(2,3)23-15(21)18-10-4-5-12(18)14(20)22-13(19)11-6-8-17-9-7-11/h11-12,17H,4-10H2,1-3H3. The average Bonchev–Trinajstić information content (AvgIpc) is 2.96. The molecular weight excluding hydrogens is 300 g/mol. The van der Waals surface area contributed by atoms with Crippen molar-refractivity contribution in [2.45, 2.75) is 58.1 Å². The van der Waals surface area contributed by atoms with Crippen LogP contribution in [-0.4, -0.2) is 54.2 Å². The molecule has 1 amide bonds. The summed E-state index contributed by atoms with van der Waals surface area (Å²) < 4.78 is 10.3. The summed E-state index contributed by atoms with van der Waals surface area (Å²) in [5.74, 6) is -1.36. The van der Waals surface area contributed by atoms with Gasteiger partial charge >= 0.3 is 18.0 Å². The Morgan fingerprint density at radius 2 is 1.70 bits per heavy atom. The van der Waals surface area contributed by atoms with Crippen molar-refractivity contribution in [2.75, 3.05) is 19.6 Å². The van der Waals surface area contributed by atoms with Crippen molar-refractivity contribution in [2.24, 2.45) is 5.92 Å². The lowest BCUT2D eigenvalue weighted by atomic mass is 9.98. The second kappa shape index (κ2) is 7.29. The second-order valence-electron chi connectivity index (χ2n) is 7.10. The van der Waals surface area contributed by atoms with E-state index in [-0.39, 0.29) is 5.92 Å². The Labute approximate surface area is 136 Å². The molecule has 130 valence electrons. The van der Waals surface area contributed by atoms with Gasteiger partial charge in [-0.25, -0.2) is 9.59 Å². The van der Waals surface area contributed by atoms with Gasteiger partial charge in [0.2, 0.25) is 0 Å². The maximum absolute atomic E-state index is 12.3. The number of rotatable bonds is 2. The maximum Gasteiger partial charge on any atom is 0.411 e. The summed E-state index contributed by atoms with van der Waals surface area (Å²) in [6.45, 7) is 7.26. The molecule has 2 aliphatic heterocycles. The van der Waals surface area contributed by atoms with Crippen molar-refractivity contribution >= 4 is 18.0 Å². The molecule has 0 saturated carbocycles. The molecule has 7 heteroatoms. The molecule has 0 aromatic carbocycles. The van der Waals surface area contributed by atoms with Crippen LogP contribution in [-0.2, 0) is 19.1 Å². The van der Waals surface area contributed by atoms with Crippen LogP contribution in [0.2, 0.25) is 0 Å². The molecule has 0 bridgehead atoms. The minimum Gasteiger partial charge on any atom is -0.444 e. The Bertz CT molecular complexity index is 466. The number of nitrogens with zero attached hydrogens (tertiary/aromatic N) is 1. The SMILES string of the molecule is CC(C)(C)OC(=O)N1CCCC1C(=O)OC(=O)C1CCNCC1. The van der Waals surface area contributed by atoms with Crippen molar-refractivity contribution < 1.29 is 23.9 Å². The Morgan fingerprint density at radius 1 is 1.04 bits per heavy atom. The van der Waals surface area contributed by atoms with Gasteiger partial charge in [0.05, 0.1) is 5.92 Å². The van der Waals surface area contributed by atoms with Crippen molar-refractivity contribution in [3.63, 3.8) is 0 Å². The summed E-state index contributed by atoms with van der Waals surface area (Å²) in [4.78, 5) is 37.9. The fraction of sp³-hybridized carbons (Fsp3) is 0.812. The van der Waals surface area contributed by atoms with Crippen LogP contribution < -0.4 is 5.32 Å². The van der Waals surface area contributed by atoms with Crippen molar-refractivity contribution in [3.05, 3.63) is 0 Å². The van der Waals surface area contributed by atoms with Crippen LogP contribution in [0.5, 0.6) is 0 Å². The van der Waals surface area contributed by atoms with E-state index in [0.717, 1.165) is 13.1 Å². The van der Waals surface area contributed by atoms with Gasteiger partial charge in [-0.3, -0.25) is 9.69 Å². The number of nitrogens with one attached hydrogen (secondary N) is 1. The van der Waals surface area contributed by atoms with Crippen LogP contribution in [0.15, 0.2) is 0 Å². The van der Waals surface area contributed by atoms with Crippen LogP contribution >= 0.6 is 0 Å². The molecule has 1 N–H and O–H groups in total. The predicted octanol–water partition coefficient (Wildman–Crippen LogP) is 1.46. The minimum absolute atomic E-state index is 0.239. The summed E-state index contributed by atoms with van der Waals surface area (Å²) in [5, 5.41) is 3.16. The van der Waals surface area contributed by atoms with Gasteiger partial charge in [0, 0.05) is 6.54 Å². The molecule has 1 atom stereocenters. The Kier molecular flexibility index (Phi) is 5.62. The number of ether oxygens (including phenoxy) is 2. The van der Waals surface area contributed by atoms with Gasteiger partial charge in [-0.05, 0) is 59.5 Å². The number of hydrogen-bond donors (Lipinski definition) is 1. The highest BCUT2D eigenvalue weighted by Gasteiger charge is 2.39. The first kappa shape index (κ1) is 17.7. The third-order valence-corrected chi connectivity index (χ3v) is 4.03. The highest BCUT2D eigenvalue weighted by molar-refractivity contribution is 5.91. The largest absolute Gasteiger partial charge is 0.444 e. The fourth-order valence-electron chi connectivity index (χ4n) is 2.86. The molecule has 7 nitrogen and oxygen atoms in total. The summed E-state index contributed by atoms with van der Waals surface area (Å²) in [6.07, 6.45) is 2.00. The molecule has 0 aliphatic carbocycles. The van der Waals surface area contributed by atoms with Gasteiger partial charge < -0.3 is 14.8 Å². The fourth-order valence-corrected chi connectivity index (χ4v) is 2.86. The van der Waals surface area contributed by atoms with Crippen molar-refractivity contribution in [1.82, 2.24) is 10.2 Å². The monoisotopic (exact) mass is 326 g/mol. The molecule has 2 rings (SSSR count). The molecule has 2 saturated heterocycles. The van der Waals surface area contributed by atoms with Crippen molar-refractivity contribution in [3.8, 4) is 0 Å². The highest BCUT2D eigenvalue weighted by atomic mass is 16.6. The quantitative estimate of drug-likeness (QED) is 0.611. The van der Waals surface area contributed by atoms with Gasteiger partial charge in [0.1, 0.15) is 11.6 Å². The zero-order valence-corrected chi connectivity index (χ0v) is 14.1. The van der Waals surface area contributed by atoms with E-state index in [9.17, 15) is 14.4 Å². The number of esters is 2. The van der Waals surface area contributed by atoms with E-state index in [2.05, 4.69) is 5.32 Å². The topological polar surface area (TPSA) is 84.9 Å². The van der Waals surface area contributed by atoms with E-state index in [4.69, 9.17) is 9.47 Å². The molecule has 2 aliphatic rings. The van der Waals surface area contributed by atoms with Crippen LogP contribution in [0.25, 0.3) is 0 Å². The van der Waals surface area contributed by atoms with Crippen LogP contribution in [0.3, 0.4) is 0 Å². The average molecular weight is 326 g/mol. The molecule has 1 unspecified atom stereocenters. The van der Waals surface area contributed by atoms with Gasteiger partial charge in [-0.15, -0.1) is 0 Å². The first-order valence-corrected chi connectivity index (χ1v) is 8.24. The number of carbonyl (C=O) groups excluding carboxylic acids is 3. The summed E-state index contributed by atoms with van der Waals surface area (Å²) in [5.41, 5.74) is -0.626. The van der Waals surface area contributed by atoms with E-state index in [0.29, 0.717) is 32.2 Å². The molecular formula is C16H26N2O5. The van der Waals surface area contributed by atoms with Gasteiger partial charge in [0.15, 0.2) is 0 Å². The highest BCUT2D eigenvalue weighted by Crippen LogP contribution is 2.23. The summed E-state index contributed by atoms with van der Waals surface area (Å²) >= 11 is 0. The van der Waals surface area contributed by atoms with Crippen molar-refractivity contribution in [1.29, 1.82) is 0 Å². The maximum atomic E-state index is 12.3. The van der Waals surface area contributed by atoms with Gasteiger partial charge in [0.25, 0.3) is 0 Å². The lowest BCUT2D eigenvalue weighted by molar-refractivity contribution is -0.166. The van der Waals surface area contributed by atoms with Gasteiger partial charge in [-0.2, -0.15) is 0 Å². The number of piperidine rings is 1. The van der Waals surface area contributed by atoms with E-state index < -0.39 is 29.7 Å². The Hall–Kier alpha value is -1.63. The van der Waals surface area contributed by atoms with E-state index in [1.54, 1.807) is 20.8 Å². The zero-order chi connectivity index (χ0) is 17.0. The Balaban J connectivity index is 1.92. The number of hydrogen-bond acceptors (Lipinski definition) is 6. The molecule has 2 fully saturated rings. The van der Waals surface area contributed by atoms with Gasteiger partial charge in [-0.1, -0.05) is 0 Å². The Morgan fingerprint density at radius 3 is 2.30 bits per heavy atom. The number of amides is 1. The normalized spacial score (nSPS) is 22.7. The number of likely N-dealkylation sites (tertiary alicyclic amines) is 1. The lowest BCUT2D eigenvalue weighted by Gasteiger charge is -2.28. The predicted molar refractivity (Wildman–Crippen MR) is 82.7 cm³/mol. The van der Waals surface area contributed by atoms with Crippen LogP contribution in [0.1, 0.15) is 46.5 Å². The van der Waals surface area contributed by atoms with E-state index >= 15 is 0 Å². The first-order chi connectivity index (χ1) is 10.8. The summed E-state index contributed by atoms with van der Waals surface area (Å²) in [6, 6.07) is -0.726. The van der Waals surface area contributed by atoms with E-state index in [1.165, 1.54) is 4.90 Å². The smallest absolute Gasteiger partial charge is 0.411 e. The first-order valence-electron chi connectivity index (χ1n) is 8.24. The lowest BCUT2D eigenvalue weighted by Crippen LogP contribution is -2.45. The third-order valence-electron chi connectivity index (χ3n) is 4.03. The molecule has 2 heterocycles. The minimum atomic E-state index is -0.726.